The van der Waals surface area contributed by atoms with Crippen LogP contribution >= 0.6 is 24.0 Å². The Morgan fingerprint density at radius 3 is 2.93 bits per heavy atom. The fourth-order valence-electron chi connectivity index (χ4n) is 3.98. The highest BCUT2D eigenvalue weighted by Gasteiger charge is 2.17. The third-order valence-electron chi connectivity index (χ3n) is 5.46. The second kappa shape index (κ2) is 10.2. The molecule has 1 unspecified atom stereocenters. The van der Waals surface area contributed by atoms with E-state index in [0.717, 1.165) is 49.6 Å². The quantitative estimate of drug-likeness (QED) is 0.375. The van der Waals surface area contributed by atoms with Crippen LogP contribution in [0.4, 0.5) is 11.5 Å². The zero-order valence-electron chi connectivity index (χ0n) is 16.9. The Kier molecular flexibility index (Phi) is 7.71. The molecule has 156 valence electrons. The van der Waals surface area contributed by atoms with Crippen LogP contribution < -0.4 is 16.0 Å². The molecule has 2 heterocycles. The molecule has 2 aromatic rings. The van der Waals surface area contributed by atoms with Crippen LogP contribution in [0.1, 0.15) is 36.5 Å². The molecule has 1 fully saturated rings. The molecule has 0 bridgehead atoms. The van der Waals surface area contributed by atoms with E-state index >= 15 is 0 Å². The first-order chi connectivity index (χ1) is 13.7. The van der Waals surface area contributed by atoms with Gasteiger partial charge in [0.2, 0.25) is 0 Å². The first-order valence-electron chi connectivity index (χ1n) is 10.2. The molecule has 1 aromatic carbocycles. The lowest BCUT2D eigenvalue weighted by atomic mass is 9.90. The molecule has 0 radical (unpaired) electrons. The van der Waals surface area contributed by atoms with Gasteiger partial charge in [0.1, 0.15) is 5.82 Å². The van der Waals surface area contributed by atoms with E-state index in [9.17, 15) is 0 Å². The van der Waals surface area contributed by atoms with E-state index in [1.165, 1.54) is 24.0 Å². The average molecular weight is 507 g/mol. The lowest BCUT2D eigenvalue weighted by molar-refractivity contribution is 0.0529. The third-order valence-corrected chi connectivity index (χ3v) is 5.46. The van der Waals surface area contributed by atoms with Crippen LogP contribution in [0, 0.1) is 0 Å². The maximum Gasteiger partial charge on any atom is 0.193 e. The molecule has 1 aliphatic carbocycles. The highest BCUT2D eigenvalue weighted by molar-refractivity contribution is 14.0. The molecule has 1 aliphatic heterocycles. The summed E-state index contributed by atoms with van der Waals surface area (Å²) in [4.78, 5) is 11.4. The molecule has 4 rings (SSSR count). The Morgan fingerprint density at radius 1 is 1.28 bits per heavy atom. The Balaban J connectivity index is 0.00000240. The van der Waals surface area contributed by atoms with E-state index in [4.69, 9.17) is 10.5 Å². The number of aromatic nitrogens is 1. The molecule has 29 heavy (non-hydrogen) atoms. The minimum absolute atomic E-state index is 0. The van der Waals surface area contributed by atoms with Crippen molar-refractivity contribution in [2.75, 3.05) is 29.9 Å². The molecule has 7 heteroatoms. The molecular weight excluding hydrogens is 477 g/mol. The Labute approximate surface area is 190 Å². The number of ether oxygens (including phenoxy) is 1. The van der Waals surface area contributed by atoms with Gasteiger partial charge in [-0.05, 0) is 61.4 Å². The summed E-state index contributed by atoms with van der Waals surface area (Å²) in [6.07, 6.45) is 6.90. The Hall–Kier alpha value is -1.87. The maximum atomic E-state index is 6.15. The van der Waals surface area contributed by atoms with Gasteiger partial charge in [0.15, 0.2) is 5.96 Å². The molecule has 0 saturated carbocycles. The van der Waals surface area contributed by atoms with Crippen molar-refractivity contribution in [1.82, 2.24) is 4.98 Å². The van der Waals surface area contributed by atoms with Crippen molar-refractivity contribution in [3.05, 3.63) is 53.2 Å². The Bertz CT molecular complexity index is 840. The second-order valence-electron chi connectivity index (χ2n) is 7.63. The summed E-state index contributed by atoms with van der Waals surface area (Å²) in [6.45, 7) is 5.12. The van der Waals surface area contributed by atoms with Crippen molar-refractivity contribution in [3.63, 3.8) is 0 Å². The molecule has 1 saturated heterocycles. The van der Waals surface area contributed by atoms with E-state index in [-0.39, 0.29) is 30.1 Å². The van der Waals surface area contributed by atoms with Gasteiger partial charge in [-0.15, -0.1) is 24.0 Å². The summed E-state index contributed by atoms with van der Waals surface area (Å²) < 4.78 is 5.59. The number of rotatable bonds is 4. The fourth-order valence-corrected chi connectivity index (χ4v) is 3.98. The topological polar surface area (TPSA) is 75.8 Å². The van der Waals surface area contributed by atoms with E-state index in [1.807, 2.05) is 6.20 Å². The van der Waals surface area contributed by atoms with Crippen LogP contribution in [0.15, 0.2) is 41.5 Å². The number of nitrogens with zero attached hydrogens (tertiary/aromatic N) is 3. The van der Waals surface area contributed by atoms with Crippen LogP contribution in [0.25, 0.3) is 0 Å². The summed E-state index contributed by atoms with van der Waals surface area (Å²) in [6, 6.07) is 10.5. The number of aliphatic imine (C=N–C) groups is 1. The number of benzene rings is 1. The van der Waals surface area contributed by atoms with Gasteiger partial charge in [0.25, 0.3) is 0 Å². The first kappa shape index (κ1) is 21.8. The monoisotopic (exact) mass is 507 g/mol. The average Bonchev–Trinajstić information content (AvgIpc) is 2.73. The van der Waals surface area contributed by atoms with E-state index in [0.29, 0.717) is 12.5 Å². The number of fused-ring (bicyclic) bond motifs is 1. The van der Waals surface area contributed by atoms with Crippen molar-refractivity contribution in [2.24, 2.45) is 10.7 Å². The molecule has 6 nitrogen and oxygen atoms in total. The summed E-state index contributed by atoms with van der Waals surface area (Å²) in [5.41, 5.74) is 11.1. The first-order valence-corrected chi connectivity index (χ1v) is 10.2. The summed E-state index contributed by atoms with van der Waals surface area (Å²) >= 11 is 0. The van der Waals surface area contributed by atoms with Crippen LogP contribution in [-0.4, -0.2) is 36.7 Å². The molecule has 1 aromatic heterocycles. The van der Waals surface area contributed by atoms with E-state index in [1.54, 1.807) is 0 Å². The molecule has 2 aliphatic rings. The van der Waals surface area contributed by atoms with Gasteiger partial charge >= 0.3 is 0 Å². The van der Waals surface area contributed by atoms with Crippen LogP contribution in [0.2, 0.25) is 0 Å². The van der Waals surface area contributed by atoms with Gasteiger partial charge < -0.3 is 20.7 Å². The number of anilines is 2. The zero-order chi connectivity index (χ0) is 19.3. The number of halogens is 1. The van der Waals surface area contributed by atoms with E-state index < -0.39 is 0 Å². The summed E-state index contributed by atoms with van der Waals surface area (Å²) in [5, 5.41) is 3.29. The number of nitrogens with one attached hydrogen (secondary N) is 1. The molecule has 3 N–H and O–H groups in total. The van der Waals surface area contributed by atoms with Gasteiger partial charge in [-0.3, -0.25) is 0 Å². The fraction of sp³-hybridized carbons (Fsp3) is 0.455. The summed E-state index contributed by atoms with van der Waals surface area (Å²) in [5.74, 6) is 1.44. The zero-order valence-corrected chi connectivity index (χ0v) is 19.3. The lowest BCUT2D eigenvalue weighted by Crippen LogP contribution is -2.41. The predicted molar refractivity (Wildman–Crippen MR) is 129 cm³/mol. The number of pyridine rings is 1. The number of aryl methyl sites for hydroxylation is 1. The Morgan fingerprint density at radius 2 is 2.14 bits per heavy atom. The largest absolute Gasteiger partial charge is 0.375 e. The highest BCUT2D eigenvalue weighted by Crippen LogP contribution is 2.27. The van der Waals surface area contributed by atoms with Crippen molar-refractivity contribution >= 4 is 41.4 Å². The number of guanidine groups is 1. The minimum Gasteiger partial charge on any atom is -0.375 e. The molecule has 0 amide bonds. The third kappa shape index (κ3) is 5.60. The number of morpholine rings is 1. The minimum atomic E-state index is 0. The lowest BCUT2D eigenvalue weighted by Gasteiger charge is -2.32. The van der Waals surface area contributed by atoms with Crippen LogP contribution in [-0.2, 0) is 24.1 Å². The van der Waals surface area contributed by atoms with Gasteiger partial charge in [-0.2, -0.15) is 0 Å². The van der Waals surface area contributed by atoms with Gasteiger partial charge in [-0.25, -0.2) is 9.98 Å². The van der Waals surface area contributed by atoms with E-state index in [2.05, 4.69) is 57.4 Å². The summed E-state index contributed by atoms with van der Waals surface area (Å²) in [7, 11) is 0. The SMILES string of the molecule is CC1CN(c2ccc(CN=C(N)Nc3cccc4c3CCCC4)cn2)CCO1.I. The molecule has 0 spiro atoms. The van der Waals surface area contributed by atoms with Crippen LogP contribution in [0.5, 0.6) is 0 Å². The highest BCUT2D eigenvalue weighted by atomic mass is 127. The van der Waals surface area contributed by atoms with Crippen molar-refractivity contribution < 1.29 is 4.74 Å². The predicted octanol–water partition coefficient (Wildman–Crippen LogP) is 3.73. The van der Waals surface area contributed by atoms with Gasteiger partial charge in [0.05, 0.1) is 19.3 Å². The van der Waals surface area contributed by atoms with Gasteiger partial charge in [0, 0.05) is 25.0 Å². The van der Waals surface area contributed by atoms with Crippen molar-refractivity contribution in [3.8, 4) is 0 Å². The number of hydrogen-bond donors (Lipinski definition) is 2. The number of nitrogens with two attached hydrogens (primary N) is 1. The van der Waals surface area contributed by atoms with Gasteiger partial charge in [-0.1, -0.05) is 18.2 Å². The smallest absolute Gasteiger partial charge is 0.193 e. The molecule has 1 atom stereocenters. The molecular formula is C22H30IN5O. The standard InChI is InChI=1S/C22H29N5O.HI/c1-16-15-27(11-12-28-16)21-10-9-17(13-24-21)14-25-22(23)26-20-8-4-6-18-5-2-3-7-19(18)20;/h4,6,8-10,13,16H,2-3,5,7,11-12,14-15H2,1H3,(H3,23,25,26);1H. The maximum absolute atomic E-state index is 6.15. The number of hydrogen-bond acceptors (Lipinski definition) is 4. The second-order valence-corrected chi connectivity index (χ2v) is 7.63. The van der Waals surface area contributed by atoms with Crippen molar-refractivity contribution in [2.45, 2.75) is 45.3 Å². The normalized spacial score (nSPS) is 19.3. The van der Waals surface area contributed by atoms with Crippen molar-refractivity contribution in [1.29, 1.82) is 0 Å². The van der Waals surface area contributed by atoms with Crippen LogP contribution in [0.3, 0.4) is 0 Å².